The first-order valence-electron chi connectivity index (χ1n) is 0.289. The number of rotatable bonds is 0. The van der Waals surface area contributed by atoms with E-state index in [9.17, 15) is 0 Å². The molecule has 18 valence electrons. The fraction of sp³-hybridized carbons (Fsp3) is 0. The average molecular weight is 241 g/mol. The maximum absolute atomic E-state index is 8.38. The van der Waals surface area contributed by atoms with E-state index < -0.39 is 0 Å². The van der Waals surface area contributed by atoms with Gasteiger partial charge in [0.05, 0.1) is 0 Å². The zero-order valence-corrected chi connectivity index (χ0v) is 7.00. The summed E-state index contributed by atoms with van der Waals surface area (Å²) in [7, 11) is 0. The third kappa shape index (κ3) is 8.82. The zero-order valence-electron chi connectivity index (χ0n) is 3.82. The van der Waals surface area contributed by atoms with Crippen molar-refractivity contribution in [1.29, 1.82) is 0 Å². The van der Waals surface area contributed by atoms with E-state index in [2.05, 4.69) is 0 Å². The van der Waals surface area contributed by atoms with Gasteiger partial charge in [-0.25, -0.2) is 0 Å². The first kappa shape index (κ1) is 16.0. The summed E-state index contributed by atoms with van der Waals surface area (Å²) in [6.45, 7) is 0. The maximum atomic E-state index is 8.38. The predicted molar refractivity (Wildman–Crippen MR) is 18.6 cm³/mol. The summed E-state index contributed by atoms with van der Waals surface area (Å²) in [6.07, 6.45) is 0. The van der Waals surface area contributed by atoms with Gasteiger partial charge in [0.1, 0.15) is 0 Å². The molecule has 4 heavy (non-hydrogen) atoms. The van der Waals surface area contributed by atoms with Crippen LogP contribution in [-0.2, 0) is 21.8 Å². The van der Waals surface area contributed by atoms with E-state index in [1.807, 2.05) is 0 Å². The Labute approximate surface area is 86.6 Å². The third-order valence-electron chi connectivity index (χ3n) is 0. The fourth-order valence-corrected chi connectivity index (χ4v) is 0. The van der Waals surface area contributed by atoms with Gasteiger partial charge in [0.2, 0.25) is 0 Å². The van der Waals surface area contributed by atoms with Crippen LogP contribution >= 0.6 is 0 Å². The molecular weight excluding hydrogens is 236 g/mol. The molecule has 0 bridgehead atoms. The molecule has 0 radical (unpaired) electrons. The van der Waals surface area contributed by atoms with Crippen LogP contribution in [0.2, 0.25) is 0 Å². The van der Waals surface area contributed by atoms with Crippen molar-refractivity contribution in [2.24, 2.45) is 0 Å². The van der Waals surface area contributed by atoms with Crippen LogP contribution in [0.4, 0.5) is 0 Å². The standard InChI is InChI=1S/Ca.In.O.Zn.5H/q+2;;;;;;;2*-1. The minimum absolute atomic E-state index is 0. The Morgan fingerprint density at radius 3 is 1.50 bits per heavy atom. The summed E-state index contributed by atoms with van der Waals surface area (Å²) in [5, 5.41) is 0. The molecule has 0 rings (SSSR count). The molecule has 0 aromatic heterocycles. The van der Waals surface area contributed by atoms with E-state index in [-0.39, 0.29) is 84.7 Å². The topological polar surface area (TPSA) is 17.1 Å². The monoisotopic (exact) mass is 240 g/mol. The molecule has 0 aliphatic carbocycles. The first-order valence-corrected chi connectivity index (χ1v) is 1.50. The summed E-state index contributed by atoms with van der Waals surface area (Å²) in [5.41, 5.74) is 0. The van der Waals surface area contributed by atoms with E-state index in [1.165, 1.54) is 0 Å². The molecule has 0 unspecified atom stereocenters. The van der Waals surface area contributed by atoms with E-state index in [4.69, 9.17) is 3.57 Å². The fourth-order valence-electron chi connectivity index (χ4n) is 0. The van der Waals surface area contributed by atoms with Gasteiger partial charge in [0.25, 0.3) is 0 Å². The van der Waals surface area contributed by atoms with Crippen molar-refractivity contribution < 1.29 is 24.7 Å². The molecule has 0 saturated carbocycles. The van der Waals surface area contributed by atoms with Crippen LogP contribution in [0.15, 0.2) is 0 Å². The molecule has 1 nitrogen and oxygen atoms in total. The Morgan fingerprint density at radius 1 is 1.50 bits per heavy atom. The van der Waals surface area contributed by atoms with E-state index in [1.54, 1.807) is 0 Å². The summed E-state index contributed by atoms with van der Waals surface area (Å²) in [6, 6.07) is 0. The summed E-state index contributed by atoms with van der Waals surface area (Å²) in [4.78, 5) is 0. The van der Waals surface area contributed by atoms with Gasteiger partial charge in [-0.15, -0.1) is 0 Å². The second-order valence-corrected chi connectivity index (χ2v) is 0. The Bertz CT molecular complexity index is 13.5. The van der Waals surface area contributed by atoms with Gasteiger partial charge in [-0.3, -0.25) is 0 Å². The van der Waals surface area contributed by atoms with E-state index >= 15 is 0 Å². The van der Waals surface area contributed by atoms with Gasteiger partial charge in [-0.1, -0.05) is 0 Å². The Kier molecular flexibility index (Phi) is 70.7. The van der Waals surface area contributed by atoms with Crippen LogP contribution in [0.3, 0.4) is 0 Å². The van der Waals surface area contributed by atoms with E-state index in [0.717, 1.165) is 0 Å². The van der Waals surface area contributed by atoms with Crippen LogP contribution in [0.5, 0.6) is 0 Å². The molecule has 0 aromatic carbocycles. The molecule has 0 aliphatic rings. The van der Waals surface area contributed by atoms with E-state index in [0.29, 0.717) is 0 Å². The number of hydrogen-bond donors (Lipinski definition) is 0. The molecule has 0 fully saturated rings. The average Bonchev–Trinajstić information content (AvgIpc) is 1.00. The first-order chi connectivity index (χ1) is 1.00. The second-order valence-electron chi connectivity index (χ2n) is 0. The molecule has 0 amide bonds. The predicted octanol–water partition coefficient (Wildman–Crippen LogP) is -1.46. The van der Waals surface area contributed by atoms with Crippen molar-refractivity contribution in [2.75, 3.05) is 0 Å². The molecule has 0 heterocycles. The van der Waals surface area contributed by atoms with Crippen molar-refractivity contribution in [3.8, 4) is 0 Å². The van der Waals surface area contributed by atoms with Gasteiger partial charge < -0.3 is 2.85 Å². The molecular formula is H5CaInOZn. The van der Waals surface area contributed by atoms with Gasteiger partial charge in [0.15, 0.2) is 0 Å². The van der Waals surface area contributed by atoms with Gasteiger partial charge in [-0.2, -0.15) is 0 Å². The zero-order chi connectivity index (χ0) is 2.00. The van der Waals surface area contributed by atoms with Crippen molar-refractivity contribution in [1.82, 2.24) is 0 Å². The van der Waals surface area contributed by atoms with Crippen molar-refractivity contribution >= 4 is 63.6 Å². The minimum atomic E-state index is 0. The quantitative estimate of drug-likeness (QED) is 0.474. The molecule has 0 spiro atoms. The molecule has 0 aromatic rings. The van der Waals surface area contributed by atoms with Crippen molar-refractivity contribution in [2.45, 2.75) is 0 Å². The Morgan fingerprint density at radius 2 is 1.50 bits per heavy atom. The van der Waals surface area contributed by atoms with Crippen LogP contribution in [0.25, 0.3) is 0 Å². The Hall–Kier alpha value is 2.55. The summed E-state index contributed by atoms with van der Waals surface area (Å²) < 4.78 is 8.38. The Balaban J connectivity index is -0.000000000833. The molecule has 0 saturated heterocycles. The van der Waals surface area contributed by atoms with Crippen LogP contribution in [0.1, 0.15) is 2.85 Å². The van der Waals surface area contributed by atoms with Gasteiger partial charge in [0, 0.05) is 0 Å². The molecule has 4 heteroatoms. The van der Waals surface area contributed by atoms with Crippen LogP contribution in [-0.4, -0.2) is 63.6 Å². The molecule has 0 aliphatic heterocycles. The van der Waals surface area contributed by atoms with Gasteiger partial charge in [-0.05, 0) is 0 Å². The van der Waals surface area contributed by atoms with Crippen molar-refractivity contribution in [3.63, 3.8) is 0 Å². The SMILES string of the molecule is [Ca+2].[H-].[H-].[InH3].[O]=[Zn]. The number of hydrogen-bond acceptors (Lipinski definition) is 1. The normalized spacial score (nSPS) is 1.50. The van der Waals surface area contributed by atoms with Gasteiger partial charge >= 0.3 is 85.4 Å². The molecule has 0 N–H and O–H groups in total. The van der Waals surface area contributed by atoms with Crippen LogP contribution in [0, 0.1) is 0 Å². The third-order valence-corrected chi connectivity index (χ3v) is 0. The van der Waals surface area contributed by atoms with Crippen molar-refractivity contribution in [3.05, 3.63) is 0 Å². The second kappa shape index (κ2) is 17.7. The summed E-state index contributed by atoms with van der Waals surface area (Å²) in [5.74, 6) is 0. The summed E-state index contributed by atoms with van der Waals surface area (Å²) >= 11 is 0.125. The van der Waals surface area contributed by atoms with Crippen LogP contribution < -0.4 is 0 Å². The molecule has 0 atom stereocenters.